The van der Waals surface area contributed by atoms with E-state index in [0.29, 0.717) is 11.6 Å². The fraction of sp³-hybridized carbons (Fsp3) is 0.688. The number of likely N-dealkylation sites (N-methyl/N-ethyl adjacent to an activating group) is 1. The van der Waals surface area contributed by atoms with Gasteiger partial charge in [0.15, 0.2) is 0 Å². The number of aliphatic imine (C=N–C) groups is 1. The second-order valence-electron chi connectivity index (χ2n) is 6.53. The zero-order valence-corrected chi connectivity index (χ0v) is 14.3. The van der Waals surface area contributed by atoms with Gasteiger partial charge in [-0.1, -0.05) is 31.5 Å². The number of nitrogens with zero attached hydrogens (tertiary/aromatic N) is 2. The maximum Gasteiger partial charge on any atom is 0.260 e. The van der Waals surface area contributed by atoms with Gasteiger partial charge in [-0.15, -0.1) is 0 Å². The zero-order chi connectivity index (χ0) is 16.5. The minimum absolute atomic E-state index is 0.0607. The van der Waals surface area contributed by atoms with Gasteiger partial charge in [0.05, 0.1) is 11.6 Å². The van der Waals surface area contributed by atoms with E-state index in [1.54, 1.807) is 18.2 Å². The molecule has 1 N–H and O–H groups in total. The van der Waals surface area contributed by atoms with Crippen LogP contribution in [0.3, 0.4) is 0 Å². The van der Waals surface area contributed by atoms with Crippen LogP contribution in [-0.2, 0) is 0 Å². The van der Waals surface area contributed by atoms with Crippen LogP contribution in [0.4, 0.5) is 8.78 Å². The summed E-state index contributed by atoms with van der Waals surface area (Å²) in [6.45, 7) is 6.37. The topological polar surface area (TPSA) is 27.6 Å². The molecular formula is C16H24ClF2N3. The number of rotatable bonds is 3. The van der Waals surface area contributed by atoms with Crippen LogP contribution >= 0.6 is 11.6 Å². The van der Waals surface area contributed by atoms with Gasteiger partial charge >= 0.3 is 0 Å². The minimum Gasteiger partial charge on any atom is -0.369 e. The highest BCUT2D eigenvalue weighted by molar-refractivity contribution is 6.39. The van der Waals surface area contributed by atoms with Gasteiger partial charge in [0, 0.05) is 31.1 Å². The third-order valence-electron chi connectivity index (χ3n) is 4.59. The van der Waals surface area contributed by atoms with Crippen molar-refractivity contribution >= 4 is 17.8 Å². The van der Waals surface area contributed by atoms with Crippen molar-refractivity contribution in [3.8, 4) is 0 Å². The van der Waals surface area contributed by atoms with E-state index in [1.165, 1.54) is 0 Å². The van der Waals surface area contributed by atoms with Crippen molar-refractivity contribution in [3.05, 3.63) is 22.5 Å². The van der Waals surface area contributed by atoms with Crippen LogP contribution in [0.1, 0.15) is 27.2 Å². The molecule has 124 valence electrons. The molecule has 3 nitrogen and oxygen atoms in total. The van der Waals surface area contributed by atoms with Gasteiger partial charge in [-0.3, -0.25) is 4.90 Å². The smallest absolute Gasteiger partial charge is 0.260 e. The maximum atomic E-state index is 13.6. The highest BCUT2D eigenvalue weighted by Crippen LogP contribution is 2.33. The Morgan fingerprint density at radius 2 is 2.14 bits per heavy atom. The van der Waals surface area contributed by atoms with Gasteiger partial charge in [0.1, 0.15) is 5.82 Å². The molecule has 3 unspecified atom stereocenters. The first-order chi connectivity index (χ1) is 10.2. The second kappa shape index (κ2) is 6.67. The van der Waals surface area contributed by atoms with Crippen molar-refractivity contribution < 1.29 is 8.78 Å². The van der Waals surface area contributed by atoms with Crippen LogP contribution < -0.4 is 5.32 Å². The quantitative estimate of drug-likeness (QED) is 0.855. The Balaban J connectivity index is 2.04. The Morgan fingerprint density at radius 1 is 1.45 bits per heavy atom. The van der Waals surface area contributed by atoms with Crippen molar-refractivity contribution in [3.63, 3.8) is 0 Å². The van der Waals surface area contributed by atoms with Crippen LogP contribution in [0.15, 0.2) is 27.5 Å². The molecule has 0 aliphatic carbocycles. The number of piperidine rings is 1. The van der Waals surface area contributed by atoms with Crippen LogP contribution in [0.5, 0.6) is 0 Å². The molecule has 1 saturated heterocycles. The molecule has 0 saturated carbocycles. The first-order valence-corrected chi connectivity index (χ1v) is 8.01. The summed E-state index contributed by atoms with van der Waals surface area (Å²) in [6.07, 6.45) is 3.51. The first-order valence-electron chi connectivity index (χ1n) is 7.63. The summed E-state index contributed by atoms with van der Waals surface area (Å²) in [7, 11) is 1.76. The summed E-state index contributed by atoms with van der Waals surface area (Å²) in [4.78, 5) is 6.12. The molecule has 0 radical (unpaired) electrons. The molecule has 0 aromatic heterocycles. The number of nitrogens with one attached hydrogen (secondary N) is 1. The standard InChI is InChI=1S/C16H24ClF2N3/c1-10-5-13(17)7-20-15(12(10)3)21-8-14-11(2)6-16(18,19)9-22(14)4/h5,7,10-11,14,21H,6,8-9H2,1-4H3. The third kappa shape index (κ3) is 4.07. The molecule has 22 heavy (non-hydrogen) atoms. The van der Waals surface area contributed by atoms with Crippen molar-refractivity contribution in [1.82, 2.24) is 10.2 Å². The highest BCUT2D eigenvalue weighted by atomic mass is 35.5. The van der Waals surface area contributed by atoms with Crippen molar-refractivity contribution in [1.29, 1.82) is 0 Å². The minimum atomic E-state index is -2.59. The highest BCUT2D eigenvalue weighted by Gasteiger charge is 2.42. The van der Waals surface area contributed by atoms with E-state index in [4.69, 9.17) is 11.6 Å². The summed E-state index contributed by atoms with van der Waals surface area (Å²) in [5.41, 5.74) is 1.10. The van der Waals surface area contributed by atoms with Crippen molar-refractivity contribution in [2.45, 2.75) is 39.2 Å². The predicted molar refractivity (Wildman–Crippen MR) is 87.4 cm³/mol. The average molecular weight is 332 g/mol. The zero-order valence-electron chi connectivity index (χ0n) is 13.5. The van der Waals surface area contributed by atoms with Crippen LogP contribution in [0.25, 0.3) is 0 Å². The van der Waals surface area contributed by atoms with Crippen LogP contribution in [0, 0.1) is 11.8 Å². The Bertz CT molecular complexity index is 500. The lowest BCUT2D eigenvalue weighted by Crippen LogP contribution is -2.54. The molecule has 3 atom stereocenters. The molecular weight excluding hydrogens is 308 g/mol. The molecule has 0 aromatic carbocycles. The number of alkyl halides is 2. The van der Waals surface area contributed by atoms with Crippen molar-refractivity contribution in [2.24, 2.45) is 16.8 Å². The fourth-order valence-corrected chi connectivity index (χ4v) is 3.42. The Kier molecular flexibility index (Phi) is 5.28. The van der Waals surface area contributed by atoms with Crippen LogP contribution in [-0.4, -0.2) is 43.2 Å². The summed E-state index contributed by atoms with van der Waals surface area (Å²) in [5.74, 6) is -1.68. The molecule has 0 spiro atoms. The van der Waals surface area contributed by atoms with E-state index in [2.05, 4.69) is 17.2 Å². The fourth-order valence-electron chi connectivity index (χ4n) is 3.18. The number of halogens is 3. The van der Waals surface area contributed by atoms with Gasteiger partial charge in [-0.25, -0.2) is 13.8 Å². The molecule has 2 heterocycles. The molecule has 0 aromatic rings. The monoisotopic (exact) mass is 331 g/mol. The SMILES string of the molecule is CC1=C(NCC2C(C)CC(F)(F)CN2C)N=CC(Cl)=CC1C. The predicted octanol–water partition coefficient (Wildman–Crippen LogP) is 3.63. The van der Waals surface area contributed by atoms with Gasteiger partial charge < -0.3 is 5.32 Å². The molecule has 2 aliphatic rings. The summed E-state index contributed by atoms with van der Waals surface area (Å²) < 4.78 is 27.1. The largest absolute Gasteiger partial charge is 0.369 e. The number of likely N-dealkylation sites (tertiary alicyclic amines) is 1. The molecule has 0 amide bonds. The summed E-state index contributed by atoms with van der Waals surface area (Å²) in [5, 5.41) is 3.94. The first kappa shape index (κ1) is 17.4. The normalized spacial score (nSPS) is 32.7. The van der Waals surface area contributed by atoms with E-state index in [-0.39, 0.29) is 30.8 Å². The lowest BCUT2D eigenvalue weighted by Gasteiger charge is -2.41. The van der Waals surface area contributed by atoms with Gasteiger partial charge in [-0.05, 0) is 25.5 Å². The van der Waals surface area contributed by atoms with Gasteiger partial charge in [-0.2, -0.15) is 0 Å². The van der Waals surface area contributed by atoms with Crippen LogP contribution in [0.2, 0.25) is 0 Å². The van der Waals surface area contributed by atoms with Gasteiger partial charge in [0.25, 0.3) is 5.92 Å². The number of allylic oxidation sites excluding steroid dienone is 3. The molecule has 2 rings (SSSR count). The molecule has 2 aliphatic heterocycles. The number of hydrogen-bond acceptors (Lipinski definition) is 3. The summed E-state index contributed by atoms with van der Waals surface area (Å²) >= 11 is 6.04. The van der Waals surface area contributed by atoms with Crippen molar-refractivity contribution in [2.75, 3.05) is 20.1 Å². The average Bonchev–Trinajstić information content (AvgIpc) is 2.49. The molecule has 6 heteroatoms. The van der Waals surface area contributed by atoms with E-state index in [0.717, 1.165) is 11.4 Å². The number of hydrogen-bond donors (Lipinski definition) is 1. The van der Waals surface area contributed by atoms with E-state index in [1.807, 2.05) is 19.9 Å². The van der Waals surface area contributed by atoms with E-state index in [9.17, 15) is 8.78 Å². The third-order valence-corrected chi connectivity index (χ3v) is 4.81. The lowest BCUT2D eigenvalue weighted by atomic mass is 9.89. The molecule has 0 bridgehead atoms. The van der Waals surface area contributed by atoms with E-state index >= 15 is 0 Å². The summed E-state index contributed by atoms with van der Waals surface area (Å²) in [6, 6.07) is 0.0668. The Hall–Kier alpha value is -0.940. The molecule has 1 fully saturated rings. The van der Waals surface area contributed by atoms with Gasteiger partial charge in [0.2, 0.25) is 0 Å². The maximum absolute atomic E-state index is 13.6. The Morgan fingerprint density at radius 3 is 2.77 bits per heavy atom. The second-order valence-corrected chi connectivity index (χ2v) is 6.97. The lowest BCUT2D eigenvalue weighted by molar-refractivity contribution is -0.0950. The Labute approximate surface area is 136 Å². The van der Waals surface area contributed by atoms with E-state index < -0.39 is 5.92 Å².